The van der Waals surface area contributed by atoms with Crippen molar-refractivity contribution in [1.82, 2.24) is 5.32 Å². The van der Waals surface area contributed by atoms with Crippen LogP contribution in [-0.4, -0.2) is 46.1 Å². The van der Waals surface area contributed by atoms with Crippen molar-refractivity contribution >= 4 is 5.91 Å². The number of nitrogens with one attached hydrogen (secondary N) is 1. The van der Waals surface area contributed by atoms with E-state index in [0.29, 0.717) is 6.42 Å². The fourth-order valence-corrected chi connectivity index (χ4v) is 10.3. The minimum absolute atomic E-state index is 0.0198. The zero-order chi connectivity index (χ0) is 49.3. The van der Waals surface area contributed by atoms with Gasteiger partial charge in [0.1, 0.15) is 0 Å². The molecule has 3 atom stereocenters. The predicted molar refractivity (Wildman–Crippen MR) is 301 cm³/mol. The van der Waals surface area contributed by atoms with E-state index in [1.807, 2.05) is 6.08 Å². The number of aliphatic hydroxyl groups excluding tert-OH is 3. The molecular formula is C63H125NO4. The summed E-state index contributed by atoms with van der Waals surface area (Å²) in [6.07, 6.45) is 74.3. The van der Waals surface area contributed by atoms with Gasteiger partial charge in [-0.1, -0.05) is 347 Å². The summed E-state index contributed by atoms with van der Waals surface area (Å²) in [5.74, 6) is -0.307. The molecule has 4 N–H and O–H groups in total. The van der Waals surface area contributed by atoms with E-state index in [-0.39, 0.29) is 18.9 Å². The molecule has 0 saturated carbocycles. The molecule has 0 aromatic heterocycles. The number of rotatable bonds is 59. The van der Waals surface area contributed by atoms with E-state index in [0.717, 1.165) is 25.7 Å². The van der Waals surface area contributed by atoms with Crippen molar-refractivity contribution in [3.8, 4) is 0 Å². The average Bonchev–Trinajstić information content (AvgIpc) is 3.33. The molecule has 1 amide bonds. The fourth-order valence-electron chi connectivity index (χ4n) is 10.3. The average molecular weight is 961 g/mol. The van der Waals surface area contributed by atoms with Crippen molar-refractivity contribution in [2.45, 2.75) is 379 Å². The molecule has 0 radical (unpaired) electrons. The van der Waals surface area contributed by atoms with Crippen molar-refractivity contribution in [2.24, 2.45) is 0 Å². The lowest BCUT2D eigenvalue weighted by molar-refractivity contribution is -0.124. The normalized spacial score (nSPS) is 13.2. The van der Waals surface area contributed by atoms with E-state index in [1.54, 1.807) is 6.08 Å². The van der Waals surface area contributed by atoms with Crippen LogP contribution in [0.3, 0.4) is 0 Å². The van der Waals surface area contributed by atoms with Crippen LogP contribution in [0, 0.1) is 0 Å². The van der Waals surface area contributed by atoms with Crippen molar-refractivity contribution in [2.75, 3.05) is 6.61 Å². The third kappa shape index (κ3) is 54.4. The highest BCUT2D eigenvalue weighted by molar-refractivity contribution is 5.76. The number of amides is 1. The summed E-state index contributed by atoms with van der Waals surface area (Å²) in [7, 11) is 0. The smallest absolute Gasteiger partial charge is 0.222 e. The molecule has 406 valence electrons. The van der Waals surface area contributed by atoms with Gasteiger partial charge >= 0.3 is 0 Å². The monoisotopic (exact) mass is 960 g/mol. The van der Waals surface area contributed by atoms with E-state index in [1.165, 1.54) is 308 Å². The summed E-state index contributed by atoms with van der Waals surface area (Å²) < 4.78 is 0. The van der Waals surface area contributed by atoms with Gasteiger partial charge < -0.3 is 20.6 Å². The van der Waals surface area contributed by atoms with E-state index in [2.05, 4.69) is 19.2 Å². The van der Waals surface area contributed by atoms with Crippen LogP contribution in [0.25, 0.3) is 0 Å². The Balaban J connectivity index is 3.48. The molecule has 0 fully saturated rings. The number of aliphatic hydroxyl groups is 3. The number of hydrogen-bond donors (Lipinski definition) is 4. The van der Waals surface area contributed by atoms with Gasteiger partial charge in [0.05, 0.1) is 31.3 Å². The second-order valence-corrected chi connectivity index (χ2v) is 22.0. The van der Waals surface area contributed by atoms with Gasteiger partial charge in [0.2, 0.25) is 5.91 Å². The van der Waals surface area contributed by atoms with Crippen LogP contribution >= 0.6 is 0 Å². The zero-order valence-electron chi connectivity index (χ0n) is 46.5. The maximum atomic E-state index is 12.6. The number of allylic oxidation sites excluding steroid dienone is 1. The largest absolute Gasteiger partial charge is 0.394 e. The van der Waals surface area contributed by atoms with Crippen LogP contribution in [0.1, 0.15) is 361 Å². The van der Waals surface area contributed by atoms with E-state index >= 15 is 0 Å². The quantitative estimate of drug-likeness (QED) is 0.0361. The molecule has 3 unspecified atom stereocenters. The van der Waals surface area contributed by atoms with Gasteiger partial charge in [0.15, 0.2) is 0 Å². The van der Waals surface area contributed by atoms with Crippen LogP contribution in [0.5, 0.6) is 0 Å². The first-order chi connectivity index (χ1) is 33.5. The third-order valence-corrected chi connectivity index (χ3v) is 15.1. The highest BCUT2D eigenvalue weighted by atomic mass is 16.3. The van der Waals surface area contributed by atoms with Crippen LogP contribution in [-0.2, 0) is 4.79 Å². The van der Waals surface area contributed by atoms with Crippen molar-refractivity contribution in [3.05, 3.63) is 12.2 Å². The molecule has 0 aromatic rings. The zero-order valence-corrected chi connectivity index (χ0v) is 46.5. The fraction of sp³-hybridized carbons (Fsp3) is 0.952. The van der Waals surface area contributed by atoms with Gasteiger partial charge in [-0.15, -0.1) is 0 Å². The van der Waals surface area contributed by atoms with E-state index in [4.69, 9.17) is 0 Å². The van der Waals surface area contributed by atoms with Crippen LogP contribution in [0.15, 0.2) is 12.2 Å². The minimum Gasteiger partial charge on any atom is -0.394 e. The summed E-state index contributed by atoms with van der Waals surface area (Å²) in [4.78, 5) is 12.6. The first-order valence-corrected chi connectivity index (χ1v) is 31.5. The Bertz CT molecular complexity index is 971. The molecule has 0 saturated heterocycles. The molecule has 0 spiro atoms. The Morgan fingerprint density at radius 3 is 0.853 bits per heavy atom. The molecule has 0 aliphatic rings. The third-order valence-electron chi connectivity index (χ3n) is 15.1. The summed E-state index contributed by atoms with van der Waals surface area (Å²) in [5, 5.41) is 33.6. The Hall–Kier alpha value is -0.910. The Morgan fingerprint density at radius 1 is 0.368 bits per heavy atom. The SMILES string of the molecule is CCCCCCCCCCCCCCCCCCCCCC/C=C/C(O)C(CO)NC(=O)CC(O)CCCCCCCCCCCCCCCCCCCCCCCCCCCCCCCCC. The van der Waals surface area contributed by atoms with Crippen molar-refractivity contribution in [1.29, 1.82) is 0 Å². The molecule has 5 heteroatoms. The lowest BCUT2D eigenvalue weighted by Gasteiger charge is -2.21. The lowest BCUT2D eigenvalue weighted by Crippen LogP contribution is -2.45. The minimum atomic E-state index is -0.927. The molecule has 5 nitrogen and oxygen atoms in total. The lowest BCUT2D eigenvalue weighted by atomic mass is 10.0. The summed E-state index contributed by atoms with van der Waals surface area (Å²) >= 11 is 0. The topological polar surface area (TPSA) is 89.8 Å². The van der Waals surface area contributed by atoms with Gasteiger partial charge in [-0.05, 0) is 19.3 Å². The maximum Gasteiger partial charge on any atom is 0.222 e. The standard InChI is InChI=1S/C63H125NO4/c1-3-5-7-9-11-13-15-17-19-21-23-25-27-28-29-30-31-32-33-34-35-36-38-40-42-44-46-48-50-52-54-56-60(66)58-63(68)64-61(59-65)62(67)57-55-53-51-49-47-45-43-41-39-37-26-24-22-20-18-16-14-12-10-8-6-4-2/h55,57,60-62,65-67H,3-54,56,58-59H2,1-2H3,(H,64,68)/b57-55+. The molecule has 0 rings (SSSR count). The summed E-state index contributed by atoms with van der Waals surface area (Å²) in [6.45, 7) is 4.27. The van der Waals surface area contributed by atoms with Crippen molar-refractivity contribution in [3.63, 3.8) is 0 Å². The van der Waals surface area contributed by atoms with Gasteiger partial charge in [-0.25, -0.2) is 0 Å². The molecule has 0 aliphatic carbocycles. The van der Waals surface area contributed by atoms with Crippen LogP contribution in [0.4, 0.5) is 0 Å². The van der Waals surface area contributed by atoms with Crippen molar-refractivity contribution < 1.29 is 20.1 Å². The van der Waals surface area contributed by atoms with Gasteiger partial charge in [0.25, 0.3) is 0 Å². The Kier molecular flexibility index (Phi) is 57.9. The molecule has 68 heavy (non-hydrogen) atoms. The number of carbonyl (C=O) groups excluding carboxylic acids is 1. The molecular weight excluding hydrogens is 835 g/mol. The molecule has 0 aliphatic heterocycles. The Morgan fingerprint density at radius 2 is 0.603 bits per heavy atom. The number of carbonyl (C=O) groups is 1. The van der Waals surface area contributed by atoms with Gasteiger partial charge in [-0.2, -0.15) is 0 Å². The highest BCUT2D eigenvalue weighted by Crippen LogP contribution is 2.19. The highest BCUT2D eigenvalue weighted by Gasteiger charge is 2.20. The number of hydrogen-bond acceptors (Lipinski definition) is 4. The van der Waals surface area contributed by atoms with Gasteiger partial charge in [0, 0.05) is 0 Å². The summed E-state index contributed by atoms with van der Waals surface area (Å²) in [5.41, 5.74) is 0. The van der Waals surface area contributed by atoms with Crippen LogP contribution < -0.4 is 5.32 Å². The molecule has 0 heterocycles. The molecule has 0 aromatic carbocycles. The summed E-state index contributed by atoms with van der Waals surface area (Å²) in [6, 6.07) is -0.742. The van der Waals surface area contributed by atoms with E-state index in [9.17, 15) is 20.1 Å². The van der Waals surface area contributed by atoms with Gasteiger partial charge in [-0.3, -0.25) is 4.79 Å². The number of unbranched alkanes of at least 4 members (excludes halogenated alkanes) is 50. The second-order valence-electron chi connectivity index (χ2n) is 22.0. The molecule has 0 bridgehead atoms. The first-order valence-electron chi connectivity index (χ1n) is 31.5. The first kappa shape index (κ1) is 67.1. The van der Waals surface area contributed by atoms with Crippen LogP contribution in [0.2, 0.25) is 0 Å². The second kappa shape index (κ2) is 58.7. The van der Waals surface area contributed by atoms with E-state index < -0.39 is 18.2 Å². The Labute approximate surface area is 427 Å². The maximum absolute atomic E-state index is 12.6. The predicted octanol–water partition coefficient (Wildman–Crippen LogP) is 19.8.